The highest BCUT2D eigenvalue weighted by molar-refractivity contribution is 6.32. The van der Waals surface area contributed by atoms with Crippen molar-refractivity contribution in [3.05, 3.63) is 77.5 Å². The SMILES string of the molecule is [B]c1ccc2c(c1)C(c1ccccc1)=C(C)C(=C)N2. The average Bonchev–Trinajstić information content (AvgIpc) is 2.42. The zero-order chi connectivity index (χ0) is 13.4. The van der Waals surface area contributed by atoms with Crippen molar-refractivity contribution in [1.29, 1.82) is 0 Å². The minimum Gasteiger partial charge on any atom is -0.355 e. The Labute approximate surface area is 115 Å². The molecule has 0 amide bonds. The molecule has 3 rings (SSSR count). The fraction of sp³-hybridized carbons (Fsp3) is 0.0588. The molecule has 0 saturated carbocycles. The molecule has 1 aliphatic heterocycles. The summed E-state index contributed by atoms with van der Waals surface area (Å²) in [5.41, 5.74) is 7.45. The molecule has 2 aromatic carbocycles. The van der Waals surface area contributed by atoms with E-state index in [1.54, 1.807) is 0 Å². The van der Waals surface area contributed by atoms with Gasteiger partial charge in [-0.2, -0.15) is 0 Å². The first kappa shape index (κ1) is 11.9. The summed E-state index contributed by atoms with van der Waals surface area (Å²) in [6.07, 6.45) is 0. The summed E-state index contributed by atoms with van der Waals surface area (Å²) in [6, 6.07) is 16.3. The van der Waals surface area contributed by atoms with Crippen molar-refractivity contribution in [3.8, 4) is 0 Å². The lowest BCUT2D eigenvalue weighted by Gasteiger charge is -2.25. The summed E-state index contributed by atoms with van der Waals surface area (Å²) < 4.78 is 0. The standard InChI is InChI=1S/C17H14BN/c1-11-12(2)19-16-9-8-14(18)10-15(16)17(11)13-6-4-3-5-7-13/h3-10,19H,2H2,1H3. The number of hydrogen-bond acceptors (Lipinski definition) is 1. The van der Waals surface area contributed by atoms with E-state index in [0.29, 0.717) is 0 Å². The average molecular weight is 243 g/mol. The third kappa shape index (κ3) is 1.99. The van der Waals surface area contributed by atoms with E-state index in [1.807, 2.05) is 36.4 Å². The highest BCUT2D eigenvalue weighted by atomic mass is 14.9. The van der Waals surface area contributed by atoms with Gasteiger partial charge in [-0.1, -0.05) is 54.5 Å². The van der Waals surface area contributed by atoms with Crippen molar-refractivity contribution in [2.24, 2.45) is 0 Å². The molecule has 90 valence electrons. The highest BCUT2D eigenvalue weighted by Gasteiger charge is 2.19. The molecule has 0 unspecified atom stereocenters. The van der Waals surface area contributed by atoms with E-state index in [-0.39, 0.29) is 0 Å². The lowest BCUT2D eigenvalue weighted by molar-refractivity contribution is 1.30. The van der Waals surface area contributed by atoms with E-state index in [4.69, 9.17) is 7.85 Å². The van der Waals surface area contributed by atoms with Crippen molar-refractivity contribution < 1.29 is 0 Å². The molecule has 0 spiro atoms. The minimum absolute atomic E-state index is 0.772. The van der Waals surface area contributed by atoms with Crippen LogP contribution in [0.1, 0.15) is 18.1 Å². The predicted molar refractivity (Wildman–Crippen MR) is 82.7 cm³/mol. The van der Waals surface area contributed by atoms with Crippen LogP contribution in [0.3, 0.4) is 0 Å². The molecule has 1 N–H and O–H groups in total. The number of anilines is 1. The van der Waals surface area contributed by atoms with Crippen LogP contribution in [0.2, 0.25) is 0 Å². The van der Waals surface area contributed by atoms with E-state index in [0.717, 1.165) is 28.0 Å². The van der Waals surface area contributed by atoms with Crippen molar-refractivity contribution >= 4 is 24.6 Å². The first-order chi connectivity index (χ1) is 9.16. The zero-order valence-electron chi connectivity index (χ0n) is 10.9. The molecule has 2 radical (unpaired) electrons. The molecule has 1 nitrogen and oxygen atoms in total. The highest BCUT2D eigenvalue weighted by Crippen LogP contribution is 2.38. The summed E-state index contributed by atoms with van der Waals surface area (Å²) in [5.74, 6) is 0. The molecular weight excluding hydrogens is 229 g/mol. The zero-order valence-corrected chi connectivity index (χ0v) is 10.9. The van der Waals surface area contributed by atoms with Crippen molar-refractivity contribution in [3.63, 3.8) is 0 Å². The predicted octanol–water partition coefficient (Wildman–Crippen LogP) is 3.24. The maximum absolute atomic E-state index is 5.93. The molecule has 0 saturated heterocycles. The molecule has 0 fully saturated rings. The van der Waals surface area contributed by atoms with E-state index < -0.39 is 0 Å². The number of benzene rings is 2. The van der Waals surface area contributed by atoms with Gasteiger partial charge in [-0.25, -0.2) is 0 Å². The molecule has 19 heavy (non-hydrogen) atoms. The second kappa shape index (κ2) is 4.47. The first-order valence-corrected chi connectivity index (χ1v) is 6.29. The molecule has 2 aromatic rings. The number of nitrogens with one attached hydrogen (secondary N) is 1. The van der Waals surface area contributed by atoms with Gasteiger partial charge in [0.05, 0.1) is 0 Å². The van der Waals surface area contributed by atoms with Crippen LogP contribution in [0.5, 0.6) is 0 Å². The van der Waals surface area contributed by atoms with Gasteiger partial charge in [0.2, 0.25) is 0 Å². The second-order valence-electron chi connectivity index (χ2n) is 4.77. The van der Waals surface area contributed by atoms with E-state index in [9.17, 15) is 0 Å². The smallest absolute Gasteiger partial charge is 0.113 e. The van der Waals surface area contributed by atoms with Crippen LogP contribution in [0.15, 0.2) is 66.4 Å². The Hall–Kier alpha value is -2.22. The maximum atomic E-state index is 5.93. The van der Waals surface area contributed by atoms with Crippen LogP contribution >= 0.6 is 0 Å². The van der Waals surface area contributed by atoms with Gasteiger partial charge in [0.25, 0.3) is 0 Å². The fourth-order valence-electron chi connectivity index (χ4n) is 2.46. The van der Waals surface area contributed by atoms with Gasteiger partial charge in [-0.15, -0.1) is 0 Å². The van der Waals surface area contributed by atoms with Crippen LogP contribution in [0.4, 0.5) is 5.69 Å². The minimum atomic E-state index is 0.772. The third-order valence-corrected chi connectivity index (χ3v) is 3.49. The number of allylic oxidation sites excluding steroid dienone is 1. The van der Waals surface area contributed by atoms with E-state index >= 15 is 0 Å². The summed E-state index contributed by atoms with van der Waals surface area (Å²) in [5, 5.41) is 3.33. The summed E-state index contributed by atoms with van der Waals surface area (Å²) >= 11 is 0. The van der Waals surface area contributed by atoms with Crippen LogP contribution in [0.25, 0.3) is 5.57 Å². The number of rotatable bonds is 1. The Balaban J connectivity index is 2.29. The van der Waals surface area contributed by atoms with E-state index in [1.165, 1.54) is 11.1 Å². The number of hydrogen-bond donors (Lipinski definition) is 1. The molecule has 0 bridgehead atoms. The van der Waals surface area contributed by atoms with Crippen LogP contribution < -0.4 is 10.8 Å². The van der Waals surface area contributed by atoms with Crippen molar-refractivity contribution in [2.75, 3.05) is 5.32 Å². The maximum Gasteiger partial charge on any atom is 0.113 e. The van der Waals surface area contributed by atoms with Gasteiger partial charge in [-0.3, -0.25) is 0 Å². The Bertz CT molecular complexity index is 684. The van der Waals surface area contributed by atoms with Crippen LogP contribution in [-0.2, 0) is 0 Å². The molecule has 1 heterocycles. The van der Waals surface area contributed by atoms with Gasteiger partial charge >= 0.3 is 0 Å². The van der Waals surface area contributed by atoms with Gasteiger partial charge in [-0.05, 0) is 29.7 Å². The molecule has 1 aliphatic rings. The van der Waals surface area contributed by atoms with E-state index in [2.05, 4.69) is 31.0 Å². The molecule has 2 heteroatoms. The Kier molecular flexibility index (Phi) is 2.79. The lowest BCUT2D eigenvalue weighted by Crippen LogP contribution is -2.14. The summed E-state index contributed by atoms with van der Waals surface area (Å²) in [7, 11) is 5.93. The molecular formula is C17H14BN. The topological polar surface area (TPSA) is 12.0 Å². The van der Waals surface area contributed by atoms with Gasteiger partial charge in [0.15, 0.2) is 0 Å². The number of fused-ring (bicyclic) bond motifs is 1. The largest absolute Gasteiger partial charge is 0.355 e. The Morgan fingerprint density at radius 1 is 1.05 bits per heavy atom. The fourth-order valence-corrected chi connectivity index (χ4v) is 2.46. The van der Waals surface area contributed by atoms with Gasteiger partial charge in [0.1, 0.15) is 7.85 Å². The molecule has 0 aromatic heterocycles. The Morgan fingerprint density at radius 3 is 2.53 bits per heavy atom. The van der Waals surface area contributed by atoms with Gasteiger partial charge < -0.3 is 5.32 Å². The van der Waals surface area contributed by atoms with Crippen molar-refractivity contribution in [2.45, 2.75) is 6.92 Å². The first-order valence-electron chi connectivity index (χ1n) is 6.29. The molecule has 0 atom stereocenters. The summed E-state index contributed by atoms with van der Waals surface area (Å²) in [6.45, 7) is 6.18. The molecule has 0 aliphatic carbocycles. The monoisotopic (exact) mass is 243 g/mol. The van der Waals surface area contributed by atoms with Gasteiger partial charge in [0, 0.05) is 16.9 Å². The quantitative estimate of drug-likeness (QED) is 0.758. The third-order valence-electron chi connectivity index (χ3n) is 3.49. The van der Waals surface area contributed by atoms with Crippen LogP contribution in [0, 0.1) is 0 Å². The van der Waals surface area contributed by atoms with Crippen LogP contribution in [-0.4, -0.2) is 7.85 Å². The Morgan fingerprint density at radius 2 is 1.79 bits per heavy atom. The van der Waals surface area contributed by atoms with Crippen molar-refractivity contribution in [1.82, 2.24) is 0 Å². The summed E-state index contributed by atoms with van der Waals surface area (Å²) in [4.78, 5) is 0. The normalized spacial score (nSPS) is 14.1. The second-order valence-corrected chi connectivity index (χ2v) is 4.77. The lowest BCUT2D eigenvalue weighted by atomic mass is 9.84.